The van der Waals surface area contributed by atoms with E-state index < -0.39 is 0 Å². The minimum Gasteiger partial charge on any atom is -0.367 e. The number of hydrogen-bond acceptors (Lipinski definition) is 8. The molecular weight excluding hydrogens is 332 g/mol. The van der Waals surface area contributed by atoms with Crippen molar-refractivity contribution in [2.45, 2.75) is 19.9 Å². The van der Waals surface area contributed by atoms with Gasteiger partial charge in [-0.25, -0.2) is 19.6 Å². The summed E-state index contributed by atoms with van der Waals surface area (Å²) in [7, 11) is 0. The monoisotopic (exact) mass is 350 g/mol. The summed E-state index contributed by atoms with van der Waals surface area (Å²) in [6.45, 7) is 3.64. The van der Waals surface area contributed by atoms with Gasteiger partial charge < -0.3 is 15.2 Å². The van der Waals surface area contributed by atoms with Crippen molar-refractivity contribution in [1.82, 2.24) is 29.8 Å². The standard InChI is InChI=1S/C17H18N8O/c1-12-3-5-13(6-4-12)20-15-14(21-16-17(22-15)24-26-23-16)19-7-2-9-25-10-8-18-11-25/h3-6,8,10-11H,2,7,9H2,1H3,(H,19,21,23)(H,20,22,24). The lowest BCUT2D eigenvalue weighted by Crippen LogP contribution is -2.10. The van der Waals surface area contributed by atoms with Gasteiger partial charge in [-0.15, -0.1) is 0 Å². The molecule has 0 bridgehead atoms. The second-order valence-electron chi connectivity index (χ2n) is 5.90. The number of aromatic nitrogens is 6. The quantitative estimate of drug-likeness (QED) is 0.490. The summed E-state index contributed by atoms with van der Waals surface area (Å²) in [5, 5.41) is 14.1. The average molecular weight is 350 g/mol. The van der Waals surface area contributed by atoms with Crippen LogP contribution in [-0.2, 0) is 6.54 Å². The van der Waals surface area contributed by atoms with Gasteiger partial charge in [-0.2, -0.15) is 0 Å². The van der Waals surface area contributed by atoms with E-state index >= 15 is 0 Å². The first-order chi connectivity index (χ1) is 12.8. The van der Waals surface area contributed by atoms with Gasteiger partial charge >= 0.3 is 0 Å². The van der Waals surface area contributed by atoms with Crippen molar-refractivity contribution in [2.75, 3.05) is 17.2 Å². The molecular formula is C17H18N8O. The summed E-state index contributed by atoms with van der Waals surface area (Å²) < 4.78 is 6.76. The van der Waals surface area contributed by atoms with Crippen LogP contribution in [0.3, 0.4) is 0 Å². The van der Waals surface area contributed by atoms with Crippen molar-refractivity contribution in [1.29, 1.82) is 0 Å². The van der Waals surface area contributed by atoms with E-state index in [0.29, 0.717) is 22.9 Å². The number of aryl methyl sites for hydroxylation is 2. The molecule has 9 nitrogen and oxygen atoms in total. The van der Waals surface area contributed by atoms with Crippen molar-refractivity contribution in [3.8, 4) is 0 Å². The Hall–Kier alpha value is -3.49. The summed E-state index contributed by atoms with van der Waals surface area (Å²) >= 11 is 0. The molecule has 3 heterocycles. The average Bonchev–Trinajstić information content (AvgIpc) is 3.32. The van der Waals surface area contributed by atoms with Crippen LogP contribution in [0.5, 0.6) is 0 Å². The molecule has 3 aromatic heterocycles. The fraction of sp³-hybridized carbons (Fsp3) is 0.235. The third-order valence-electron chi connectivity index (χ3n) is 3.87. The maximum Gasteiger partial charge on any atom is 0.245 e. The van der Waals surface area contributed by atoms with E-state index in [0.717, 1.165) is 25.2 Å². The first-order valence-corrected chi connectivity index (χ1v) is 8.31. The van der Waals surface area contributed by atoms with Gasteiger partial charge in [0.1, 0.15) is 0 Å². The minimum atomic E-state index is 0.364. The lowest BCUT2D eigenvalue weighted by atomic mass is 10.2. The van der Waals surface area contributed by atoms with Crippen LogP contribution < -0.4 is 10.6 Å². The molecule has 0 amide bonds. The molecule has 0 fully saturated rings. The largest absolute Gasteiger partial charge is 0.367 e. The Labute approximate surface area is 149 Å². The molecule has 0 aliphatic rings. The number of imidazole rings is 1. The second-order valence-corrected chi connectivity index (χ2v) is 5.90. The molecule has 0 aliphatic carbocycles. The highest BCUT2D eigenvalue weighted by Crippen LogP contribution is 2.23. The Morgan fingerprint density at radius 1 is 1.04 bits per heavy atom. The fourth-order valence-electron chi connectivity index (χ4n) is 2.51. The topological polar surface area (TPSA) is 107 Å². The predicted octanol–water partition coefficient (Wildman–Crippen LogP) is 2.76. The van der Waals surface area contributed by atoms with Gasteiger partial charge in [-0.05, 0) is 35.8 Å². The van der Waals surface area contributed by atoms with Crippen LogP contribution in [-0.4, -0.2) is 36.4 Å². The Morgan fingerprint density at radius 2 is 1.81 bits per heavy atom. The number of fused-ring (bicyclic) bond motifs is 1. The summed E-state index contributed by atoms with van der Waals surface area (Å²) in [5.74, 6) is 1.19. The molecule has 0 atom stereocenters. The highest BCUT2D eigenvalue weighted by atomic mass is 16.6. The lowest BCUT2D eigenvalue weighted by Gasteiger charge is -2.12. The molecule has 1 aromatic carbocycles. The molecule has 132 valence electrons. The molecule has 26 heavy (non-hydrogen) atoms. The van der Waals surface area contributed by atoms with Crippen molar-refractivity contribution in [3.63, 3.8) is 0 Å². The van der Waals surface area contributed by atoms with E-state index in [4.69, 9.17) is 4.63 Å². The number of benzene rings is 1. The zero-order valence-corrected chi connectivity index (χ0v) is 14.3. The number of rotatable bonds is 7. The predicted molar refractivity (Wildman–Crippen MR) is 97.2 cm³/mol. The van der Waals surface area contributed by atoms with Gasteiger partial charge in [0.2, 0.25) is 11.3 Å². The summed E-state index contributed by atoms with van der Waals surface area (Å²) in [5.41, 5.74) is 2.85. The molecule has 2 N–H and O–H groups in total. The SMILES string of the molecule is Cc1ccc(Nc2nc3nonc3nc2NCCCn2ccnc2)cc1. The first kappa shape index (κ1) is 16.0. The molecule has 0 aliphatic heterocycles. The number of anilines is 3. The van der Waals surface area contributed by atoms with Gasteiger partial charge in [0.25, 0.3) is 0 Å². The Kier molecular flexibility index (Phi) is 4.42. The minimum absolute atomic E-state index is 0.364. The van der Waals surface area contributed by atoms with E-state index in [1.807, 2.05) is 42.0 Å². The van der Waals surface area contributed by atoms with Crippen molar-refractivity contribution >= 4 is 28.6 Å². The molecule has 0 saturated heterocycles. The van der Waals surface area contributed by atoms with E-state index in [1.165, 1.54) is 5.56 Å². The molecule has 4 aromatic rings. The number of hydrogen-bond donors (Lipinski definition) is 2. The van der Waals surface area contributed by atoms with Crippen LogP contribution in [0, 0.1) is 6.92 Å². The van der Waals surface area contributed by atoms with E-state index in [-0.39, 0.29) is 0 Å². The number of nitrogens with one attached hydrogen (secondary N) is 2. The van der Waals surface area contributed by atoms with E-state index in [1.54, 1.807) is 12.5 Å². The molecule has 4 rings (SSSR count). The molecule has 0 unspecified atom stereocenters. The Balaban J connectivity index is 1.50. The van der Waals surface area contributed by atoms with Crippen molar-refractivity contribution < 1.29 is 4.63 Å². The molecule has 0 radical (unpaired) electrons. The van der Waals surface area contributed by atoms with Gasteiger partial charge in [-0.3, -0.25) is 0 Å². The van der Waals surface area contributed by atoms with Gasteiger partial charge in [0.05, 0.1) is 6.33 Å². The fourth-order valence-corrected chi connectivity index (χ4v) is 2.51. The van der Waals surface area contributed by atoms with Gasteiger partial charge in [0, 0.05) is 31.2 Å². The van der Waals surface area contributed by atoms with Crippen LogP contribution in [0.2, 0.25) is 0 Å². The highest BCUT2D eigenvalue weighted by Gasteiger charge is 2.12. The van der Waals surface area contributed by atoms with E-state index in [2.05, 4.69) is 35.9 Å². The van der Waals surface area contributed by atoms with Crippen LogP contribution in [0.1, 0.15) is 12.0 Å². The van der Waals surface area contributed by atoms with Gasteiger partial charge in [0.15, 0.2) is 11.6 Å². The highest BCUT2D eigenvalue weighted by molar-refractivity contribution is 5.76. The Bertz CT molecular complexity index is 978. The van der Waals surface area contributed by atoms with Crippen LogP contribution in [0.15, 0.2) is 47.6 Å². The second kappa shape index (κ2) is 7.18. The smallest absolute Gasteiger partial charge is 0.245 e. The zero-order valence-electron chi connectivity index (χ0n) is 14.3. The maximum atomic E-state index is 4.72. The van der Waals surface area contributed by atoms with Gasteiger partial charge in [-0.1, -0.05) is 17.7 Å². The molecule has 9 heteroatoms. The first-order valence-electron chi connectivity index (χ1n) is 8.31. The third-order valence-corrected chi connectivity index (χ3v) is 3.87. The third kappa shape index (κ3) is 3.61. The summed E-state index contributed by atoms with van der Waals surface area (Å²) in [4.78, 5) is 13.0. The van der Waals surface area contributed by atoms with E-state index in [9.17, 15) is 0 Å². The normalized spacial score (nSPS) is 11.0. The van der Waals surface area contributed by atoms with Crippen molar-refractivity contribution in [2.24, 2.45) is 0 Å². The Morgan fingerprint density at radius 3 is 2.54 bits per heavy atom. The number of nitrogens with zero attached hydrogens (tertiary/aromatic N) is 6. The summed E-state index contributed by atoms with van der Waals surface area (Å²) in [6, 6.07) is 8.05. The van der Waals surface area contributed by atoms with Crippen molar-refractivity contribution in [3.05, 3.63) is 48.5 Å². The molecule has 0 spiro atoms. The molecule has 0 saturated carbocycles. The summed E-state index contributed by atoms with van der Waals surface area (Å²) in [6.07, 6.45) is 6.43. The van der Waals surface area contributed by atoms with Crippen LogP contribution >= 0.6 is 0 Å². The maximum absolute atomic E-state index is 4.72. The lowest BCUT2D eigenvalue weighted by molar-refractivity contribution is 0.314. The van der Waals surface area contributed by atoms with Crippen LogP contribution in [0.25, 0.3) is 11.3 Å². The zero-order chi connectivity index (χ0) is 17.8. The van der Waals surface area contributed by atoms with Crippen LogP contribution in [0.4, 0.5) is 17.3 Å².